The van der Waals surface area contributed by atoms with Crippen molar-refractivity contribution in [3.05, 3.63) is 30.6 Å². The molecule has 4 heterocycles. The second kappa shape index (κ2) is 3.57. The summed E-state index contributed by atoms with van der Waals surface area (Å²) in [6.45, 7) is 2.53. The maximum Gasteiger partial charge on any atom is 0.0971 e. The molecule has 1 aromatic carbocycles. The van der Waals surface area contributed by atoms with Crippen LogP contribution < -0.4 is 0 Å². The minimum atomic E-state index is 0.551. The number of aromatic nitrogens is 2. The number of imidazole rings is 1. The van der Waals surface area contributed by atoms with E-state index in [1.165, 1.54) is 37.9 Å². The quantitative estimate of drug-likeness (QED) is 0.746. The van der Waals surface area contributed by atoms with Gasteiger partial charge in [0.05, 0.1) is 23.5 Å². The van der Waals surface area contributed by atoms with Crippen LogP contribution in [-0.2, 0) is 0 Å². The highest BCUT2D eigenvalue weighted by Gasteiger charge is 2.34. The third kappa shape index (κ3) is 1.42. The number of para-hydroxylation sites is 2. The minimum absolute atomic E-state index is 0.551. The summed E-state index contributed by atoms with van der Waals surface area (Å²) in [5.41, 5.74) is 2.40. The second-order valence-corrected chi connectivity index (χ2v) is 5.34. The molecule has 1 aromatic heterocycles. The molecule has 3 saturated heterocycles. The van der Waals surface area contributed by atoms with Crippen LogP contribution in [0.15, 0.2) is 30.6 Å². The molecule has 0 saturated carbocycles. The molecule has 2 aromatic rings. The van der Waals surface area contributed by atoms with Gasteiger partial charge in [-0.05, 0) is 37.3 Å². The zero-order valence-electron chi connectivity index (χ0n) is 9.92. The second-order valence-electron chi connectivity index (χ2n) is 5.34. The predicted octanol–water partition coefficient (Wildman–Crippen LogP) is 2.65. The maximum atomic E-state index is 4.51. The summed E-state index contributed by atoms with van der Waals surface area (Å²) in [6.07, 6.45) is 6.66. The van der Waals surface area contributed by atoms with Gasteiger partial charge in [0.1, 0.15) is 0 Å². The van der Waals surface area contributed by atoms with E-state index >= 15 is 0 Å². The molecule has 0 N–H and O–H groups in total. The molecule has 88 valence electrons. The number of hydrogen-bond donors (Lipinski definition) is 0. The van der Waals surface area contributed by atoms with Crippen LogP contribution in [0.5, 0.6) is 0 Å². The molecular formula is C14H17N3. The van der Waals surface area contributed by atoms with E-state index in [1.807, 2.05) is 6.33 Å². The standard InChI is InChI=1S/C14H17N3/c1-2-4-13-12(3-1)15-10-17(13)14-9-11-5-7-16(14)8-6-11/h1-4,10-11,14H,5-9H2. The van der Waals surface area contributed by atoms with E-state index in [1.54, 1.807) is 0 Å². The minimum Gasteiger partial charge on any atom is -0.314 e. The average Bonchev–Trinajstić information content (AvgIpc) is 2.84. The van der Waals surface area contributed by atoms with Crippen LogP contribution in [0.4, 0.5) is 0 Å². The highest BCUT2D eigenvalue weighted by molar-refractivity contribution is 5.75. The Balaban J connectivity index is 1.79. The van der Waals surface area contributed by atoms with Crippen molar-refractivity contribution in [2.75, 3.05) is 13.1 Å². The molecule has 5 rings (SSSR count). The SMILES string of the molecule is c1ccc2c(c1)ncn2C1CC2CCN1CC2. The van der Waals surface area contributed by atoms with Crippen molar-refractivity contribution in [1.29, 1.82) is 0 Å². The van der Waals surface area contributed by atoms with Gasteiger partial charge in [0, 0.05) is 13.1 Å². The Labute approximate surface area is 101 Å². The Morgan fingerprint density at radius 3 is 2.71 bits per heavy atom. The van der Waals surface area contributed by atoms with Crippen LogP contribution in [0, 0.1) is 5.92 Å². The van der Waals surface area contributed by atoms with Crippen LogP contribution in [-0.4, -0.2) is 27.5 Å². The summed E-state index contributed by atoms with van der Waals surface area (Å²) in [4.78, 5) is 7.13. The van der Waals surface area contributed by atoms with Gasteiger partial charge < -0.3 is 4.57 Å². The molecule has 3 aliphatic rings. The maximum absolute atomic E-state index is 4.51. The Kier molecular flexibility index (Phi) is 2.03. The van der Waals surface area contributed by atoms with Gasteiger partial charge in [-0.3, -0.25) is 4.90 Å². The molecule has 0 spiro atoms. The van der Waals surface area contributed by atoms with Gasteiger partial charge in [-0.1, -0.05) is 12.1 Å². The summed E-state index contributed by atoms with van der Waals surface area (Å²) in [6, 6.07) is 8.46. The predicted molar refractivity (Wildman–Crippen MR) is 67.7 cm³/mol. The van der Waals surface area contributed by atoms with Crippen molar-refractivity contribution in [3.8, 4) is 0 Å². The van der Waals surface area contributed by atoms with Gasteiger partial charge >= 0.3 is 0 Å². The van der Waals surface area contributed by atoms with Crippen LogP contribution in [0.2, 0.25) is 0 Å². The fourth-order valence-electron chi connectivity index (χ4n) is 3.44. The highest BCUT2D eigenvalue weighted by Crippen LogP contribution is 2.38. The van der Waals surface area contributed by atoms with Crippen molar-refractivity contribution < 1.29 is 0 Å². The topological polar surface area (TPSA) is 21.1 Å². The van der Waals surface area contributed by atoms with Crippen molar-refractivity contribution in [3.63, 3.8) is 0 Å². The number of rotatable bonds is 1. The lowest BCUT2D eigenvalue weighted by Gasteiger charge is -2.45. The van der Waals surface area contributed by atoms with Gasteiger partial charge in [0.25, 0.3) is 0 Å². The van der Waals surface area contributed by atoms with Crippen LogP contribution in [0.3, 0.4) is 0 Å². The number of benzene rings is 1. The molecule has 0 amide bonds. The monoisotopic (exact) mass is 227 g/mol. The van der Waals surface area contributed by atoms with E-state index in [0.717, 1.165) is 11.4 Å². The van der Waals surface area contributed by atoms with Crippen molar-refractivity contribution in [2.24, 2.45) is 5.92 Å². The normalized spacial score (nSPS) is 32.1. The molecule has 3 nitrogen and oxygen atoms in total. The van der Waals surface area contributed by atoms with Crippen LogP contribution >= 0.6 is 0 Å². The van der Waals surface area contributed by atoms with Crippen molar-refractivity contribution in [1.82, 2.24) is 14.5 Å². The fourth-order valence-corrected chi connectivity index (χ4v) is 3.44. The molecule has 0 aliphatic carbocycles. The molecule has 3 heteroatoms. The zero-order valence-corrected chi connectivity index (χ0v) is 9.92. The van der Waals surface area contributed by atoms with E-state index in [0.29, 0.717) is 6.17 Å². The lowest BCUT2D eigenvalue weighted by molar-refractivity contribution is 0.0120. The van der Waals surface area contributed by atoms with Gasteiger partial charge in [0.2, 0.25) is 0 Å². The first kappa shape index (κ1) is 9.66. The largest absolute Gasteiger partial charge is 0.314 e. The lowest BCUT2D eigenvalue weighted by Crippen LogP contribution is -2.45. The summed E-state index contributed by atoms with van der Waals surface area (Å²) in [5, 5.41) is 0. The summed E-state index contributed by atoms with van der Waals surface area (Å²) >= 11 is 0. The first-order chi connectivity index (χ1) is 8.42. The number of nitrogens with zero attached hydrogens (tertiary/aromatic N) is 3. The summed E-state index contributed by atoms with van der Waals surface area (Å²) < 4.78 is 2.38. The average molecular weight is 227 g/mol. The molecule has 3 aliphatic heterocycles. The number of fused-ring (bicyclic) bond motifs is 4. The highest BCUT2D eigenvalue weighted by atomic mass is 15.3. The zero-order chi connectivity index (χ0) is 11.2. The Hall–Kier alpha value is -1.35. The first-order valence-corrected chi connectivity index (χ1v) is 6.57. The molecule has 17 heavy (non-hydrogen) atoms. The third-order valence-corrected chi connectivity index (χ3v) is 4.42. The molecule has 1 unspecified atom stereocenters. The number of hydrogen-bond acceptors (Lipinski definition) is 2. The summed E-state index contributed by atoms with van der Waals surface area (Å²) in [5.74, 6) is 0.936. The molecule has 0 radical (unpaired) electrons. The van der Waals surface area contributed by atoms with E-state index in [9.17, 15) is 0 Å². The van der Waals surface area contributed by atoms with E-state index < -0.39 is 0 Å². The molecule has 2 bridgehead atoms. The van der Waals surface area contributed by atoms with Gasteiger partial charge in [-0.2, -0.15) is 0 Å². The van der Waals surface area contributed by atoms with E-state index in [2.05, 4.69) is 38.7 Å². The smallest absolute Gasteiger partial charge is 0.0971 e. The first-order valence-electron chi connectivity index (χ1n) is 6.57. The van der Waals surface area contributed by atoms with Gasteiger partial charge in [0.15, 0.2) is 0 Å². The lowest BCUT2D eigenvalue weighted by atomic mass is 9.86. The summed E-state index contributed by atoms with van der Waals surface area (Å²) in [7, 11) is 0. The molecule has 1 atom stereocenters. The van der Waals surface area contributed by atoms with Crippen molar-refractivity contribution in [2.45, 2.75) is 25.4 Å². The van der Waals surface area contributed by atoms with Gasteiger partial charge in [-0.15, -0.1) is 0 Å². The molecule has 3 fully saturated rings. The van der Waals surface area contributed by atoms with Crippen LogP contribution in [0.1, 0.15) is 25.4 Å². The van der Waals surface area contributed by atoms with Crippen LogP contribution in [0.25, 0.3) is 11.0 Å². The fraction of sp³-hybridized carbons (Fsp3) is 0.500. The molecular weight excluding hydrogens is 210 g/mol. The van der Waals surface area contributed by atoms with E-state index in [4.69, 9.17) is 0 Å². The number of piperidine rings is 3. The van der Waals surface area contributed by atoms with Crippen molar-refractivity contribution >= 4 is 11.0 Å². The Morgan fingerprint density at radius 1 is 1.12 bits per heavy atom. The Bertz CT molecular complexity index is 537. The van der Waals surface area contributed by atoms with Gasteiger partial charge in [-0.25, -0.2) is 4.98 Å². The van der Waals surface area contributed by atoms with E-state index in [-0.39, 0.29) is 0 Å². The third-order valence-electron chi connectivity index (χ3n) is 4.42. The Morgan fingerprint density at radius 2 is 1.94 bits per heavy atom.